The van der Waals surface area contributed by atoms with Crippen molar-refractivity contribution in [3.63, 3.8) is 0 Å². The van der Waals surface area contributed by atoms with Gasteiger partial charge in [0.2, 0.25) is 0 Å². The van der Waals surface area contributed by atoms with Gasteiger partial charge in [0.25, 0.3) is 5.91 Å². The monoisotopic (exact) mass is 355 g/mol. The van der Waals surface area contributed by atoms with Crippen LogP contribution in [0.4, 0.5) is 0 Å². The van der Waals surface area contributed by atoms with Gasteiger partial charge in [0.1, 0.15) is 0 Å². The van der Waals surface area contributed by atoms with E-state index in [1.165, 1.54) is 0 Å². The number of carbonyl (C=O) groups excluding carboxylic acids is 1. The van der Waals surface area contributed by atoms with Crippen LogP contribution in [0, 0.1) is 0 Å². The van der Waals surface area contributed by atoms with Crippen LogP contribution in [-0.4, -0.2) is 37.1 Å². The fourth-order valence-corrected chi connectivity index (χ4v) is 3.55. The van der Waals surface area contributed by atoms with Gasteiger partial charge in [-0.1, -0.05) is 18.2 Å². The van der Waals surface area contributed by atoms with E-state index < -0.39 is 0 Å². The van der Waals surface area contributed by atoms with Gasteiger partial charge in [0.15, 0.2) is 0 Å². The van der Waals surface area contributed by atoms with Crippen molar-refractivity contribution in [3.8, 4) is 5.69 Å². The van der Waals surface area contributed by atoms with Gasteiger partial charge in [-0.3, -0.25) is 9.78 Å². The second-order valence-electron chi connectivity index (χ2n) is 6.58. The summed E-state index contributed by atoms with van der Waals surface area (Å²) in [5.74, 6) is 0.0627. The predicted octanol–water partition coefficient (Wildman–Crippen LogP) is 3.01. The molecule has 0 bridgehead atoms. The fourth-order valence-electron chi connectivity index (χ4n) is 3.55. The van der Waals surface area contributed by atoms with Gasteiger partial charge in [-0.05, 0) is 30.3 Å². The SMILES string of the molecule is O=C1c2cccc(-n3cccn3)c2CN1CCc1cnc2ccccc2n1. The second kappa shape index (κ2) is 6.32. The normalized spacial score (nSPS) is 13.3. The molecule has 0 N–H and O–H groups in total. The quantitative estimate of drug-likeness (QED) is 0.564. The lowest BCUT2D eigenvalue weighted by molar-refractivity contribution is 0.0780. The lowest BCUT2D eigenvalue weighted by Gasteiger charge is -2.15. The zero-order valence-corrected chi connectivity index (χ0v) is 14.6. The summed E-state index contributed by atoms with van der Waals surface area (Å²) in [4.78, 5) is 23.8. The van der Waals surface area contributed by atoms with E-state index in [4.69, 9.17) is 0 Å². The smallest absolute Gasteiger partial charge is 0.254 e. The zero-order chi connectivity index (χ0) is 18.2. The summed E-state index contributed by atoms with van der Waals surface area (Å²) < 4.78 is 1.81. The minimum atomic E-state index is 0.0627. The summed E-state index contributed by atoms with van der Waals surface area (Å²) in [6, 6.07) is 15.5. The van der Waals surface area contributed by atoms with Gasteiger partial charge in [0.05, 0.1) is 22.4 Å². The fraction of sp³-hybridized carbons (Fsp3) is 0.143. The predicted molar refractivity (Wildman–Crippen MR) is 102 cm³/mol. The summed E-state index contributed by atoms with van der Waals surface area (Å²) in [7, 11) is 0. The highest BCUT2D eigenvalue weighted by molar-refractivity contribution is 5.99. The van der Waals surface area contributed by atoms with Gasteiger partial charge < -0.3 is 4.90 Å². The van der Waals surface area contributed by atoms with Crippen molar-refractivity contribution in [1.29, 1.82) is 0 Å². The zero-order valence-electron chi connectivity index (χ0n) is 14.6. The van der Waals surface area contributed by atoms with Crippen LogP contribution >= 0.6 is 0 Å². The molecule has 1 aliphatic heterocycles. The van der Waals surface area contributed by atoms with Gasteiger partial charge in [-0.25, -0.2) is 9.67 Å². The summed E-state index contributed by atoms with van der Waals surface area (Å²) in [5, 5.41) is 4.31. The van der Waals surface area contributed by atoms with Gasteiger partial charge >= 0.3 is 0 Å². The van der Waals surface area contributed by atoms with E-state index in [1.807, 2.05) is 64.3 Å². The minimum absolute atomic E-state index is 0.0627. The van der Waals surface area contributed by atoms with E-state index >= 15 is 0 Å². The summed E-state index contributed by atoms with van der Waals surface area (Å²) >= 11 is 0. The van der Waals surface area contributed by atoms with Gasteiger partial charge in [-0.15, -0.1) is 0 Å². The Morgan fingerprint density at radius 2 is 1.89 bits per heavy atom. The number of benzene rings is 2. The first-order valence-electron chi connectivity index (χ1n) is 8.91. The summed E-state index contributed by atoms with van der Waals surface area (Å²) in [6.45, 7) is 1.20. The molecule has 0 fully saturated rings. The summed E-state index contributed by atoms with van der Waals surface area (Å²) in [6.07, 6.45) is 6.11. The number of hydrogen-bond donors (Lipinski definition) is 0. The molecular weight excluding hydrogens is 338 g/mol. The topological polar surface area (TPSA) is 63.9 Å². The van der Waals surface area contributed by atoms with Crippen molar-refractivity contribution in [3.05, 3.63) is 83.9 Å². The van der Waals surface area contributed by atoms with Crippen molar-refractivity contribution in [2.75, 3.05) is 6.54 Å². The van der Waals surface area contributed by atoms with Gasteiger partial charge in [-0.2, -0.15) is 5.10 Å². The number of rotatable bonds is 4. The Morgan fingerprint density at radius 1 is 1.00 bits per heavy atom. The molecule has 1 aliphatic rings. The average molecular weight is 355 g/mol. The second-order valence-corrected chi connectivity index (χ2v) is 6.58. The molecule has 3 heterocycles. The van der Waals surface area contributed by atoms with Crippen LogP contribution in [0.25, 0.3) is 16.7 Å². The number of hydrogen-bond acceptors (Lipinski definition) is 4. The van der Waals surface area contributed by atoms with Crippen molar-refractivity contribution in [1.82, 2.24) is 24.6 Å². The van der Waals surface area contributed by atoms with Crippen molar-refractivity contribution in [2.24, 2.45) is 0 Å². The van der Waals surface area contributed by atoms with E-state index in [2.05, 4.69) is 15.1 Å². The molecule has 0 saturated heterocycles. The molecule has 6 heteroatoms. The Bertz CT molecular complexity index is 1140. The van der Waals surface area contributed by atoms with E-state index in [0.717, 1.165) is 33.5 Å². The molecule has 0 unspecified atom stereocenters. The van der Waals surface area contributed by atoms with Crippen LogP contribution in [0.2, 0.25) is 0 Å². The Labute approximate surface area is 156 Å². The highest BCUT2D eigenvalue weighted by atomic mass is 16.2. The Kier molecular flexibility index (Phi) is 3.67. The van der Waals surface area contributed by atoms with Crippen molar-refractivity contribution < 1.29 is 4.79 Å². The van der Waals surface area contributed by atoms with E-state index in [9.17, 15) is 4.79 Å². The van der Waals surface area contributed by atoms with Crippen LogP contribution in [0.3, 0.4) is 0 Å². The molecule has 2 aromatic heterocycles. The van der Waals surface area contributed by atoms with Crippen molar-refractivity contribution >= 4 is 16.9 Å². The largest absolute Gasteiger partial charge is 0.334 e. The molecule has 132 valence electrons. The molecule has 0 aliphatic carbocycles. The standard InChI is InChI=1S/C21H17N5O/c27-21-16-5-3-8-20(26-11-4-10-23-26)17(16)14-25(21)12-9-15-13-22-18-6-1-2-7-19(18)24-15/h1-8,10-11,13H,9,12,14H2. The van der Waals surface area contributed by atoms with Crippen LogP contribution in [0.1, 0.15) is 21.6 Å². The van der Waals surface area contributed by atoms with E-state index in [-0.39, 0.29) is 5.91 Å². The Balaban J connectivity index is 1.37. The molecule has 4 aromatic rings. The number of amides is 1. The van der Waals surface area contributed by atoms with Gasteiger partial charge in [0, 0.05) is 49.2 Å². The molecule has 2 aromatic carbocycles. The van der Waals surface area contributed by atoms with Crippen LogP contribution in [0.15, 0.2) is 67.1 Å². The molecule has 0 saturated carbocycles. The van der Waals surface area contributed by atoms with Crippen LogP contribution < -0.4 is 0 Å². The number of carbonyl (C=O) groups is 1. The highest BCUT2D eigenvalue weighted by Crippen LogP contribution is 2.28. The Morgan fingerprint density at radius 3 is 2.74 bits per heavy atom. The third kappa shape index (κ3) is 2.75. The third-order valence-electron chi connectivity index (χ3n) is 4.91. The minimum Gasteiger partial charge on any atom is -0.334 e. The molecule has 0 radical (unpaired) electrons. The molecule has 5 rings (SSSR count). The van der Waals surface area contributed by atoms with E-state index in [1.54, 1.807) is 12.4 Å². The first kappa shape index (κ1) is 15.7. The maximum absolute atomic E-state index is 12.8. The third-order valence-corrected chi connectivity index (χ3v) is 4.91. The molecule has 0 atom stereocenters. The van der Waals surface area contributed by atoms with Crippen molar-refractivity contribution in [2.45, 2.75) is 13.0 Å². The number of para-hydroxylation sites is 2. The molecular formula is C21H17N5O. The lowest BCUT2D eigenvalue weighted by Crippen LogP contribution is -2.26. The first-order valence-corrected chi connectivity index (χ1v) is 8.91. The maximum Gasteiger partial charge on any atom is 0.254 e. The number of fused-ring (bicyclic) bond motifs is 2. The Hall–Kier alpha value is -3.54. The maximum atomic E-state index is 12.8. The number of aromatic nitrogens is 4. The van der Waals surface area contributed by atoms with E-state index in [0.29, 0.717) is 19.5 Å². The molecule has 6 nitrogen and oxygen atoms in total. The highest BCUT2D eigenvalue weighted by Gasteiger charge is 2.29. The first-order chi connectivity index (χ1) is 13.3. The molecule has 0 spiro atoms. The molecule has 1 amide bonds. The lowest BCUT2D eigenvalue weighted by atomic mass is 10.1. The molecule has 27 heavy (non-hydrogen) atoms. The average Bonchev–Trinajstić information content (AvgIpc) is 3.35. The van der Waals surface area contributed by atoms with Crippen LogP contribution in [0.5, 0.6) is 0 Å². The number of nitrogens with zero attached hydrogens (tertiary/aromatic N) is 5. The van der Waals surface area contributed by atoms with Crippen LogP contribution in [-0.2, 0) is 13.0 Å². The summed E-state index contributed by atoms with van der Waals surface area (Å²) in [5.41, 5.74) is 5.40.